The van der Waals surface area contributed by atoms with Crippen molar-refractivity contribution >= 4 is 40.5 Å². The van der Waals surface area contributed by atoms with E-state index in [0.717, 1.165) is 61.3 Å². The molecule has 5 rings (SSSR count). The molecule has 178 valence electrons. The number of carbonyl (C=O) groups excluding carboxylic acids is 1. The minimum Gasteiger partial charge on any atom is -0.366 e. The number of halogens is 4. The first-order valence-electron chi connectivity index (χ1n) is 10.5. The van der Waals surface area contributed by atoms with E-state index in [-0.39, 0.29) is 22.1 Å². The predicted octanol–water partition coefficient (Wildman–Crippen LogP) is 4.05. The molecule has 0 atom stereocenters. The quantitative estimate of drug-likeness (QED) is 0.481. The van der Waals surface area contributed by atoms with Crippen molar-refractivity contribution in [2.45, 2.75) is 25.2 Å². The Morgan fingerprint density at radius 3 is 2.71 bits per heavy atom. The summed E-state index contributed by atoms with van der Waals surface area (Å²) >= 11 is 7.46. The van der Waals surface area contributed by atoms with Crippen LogP contribution in [0.5, 0.6) is 0 Å². The molecular weight excluding hydrogens is 489 g/mol. The first kappa shape index (κ1) is 23.0. The van der Waals surface area contributed by atoms with Gasteiger partial charge in [0.1, 0.15) is 5.56 Å². The number of alkyl halides is 3. The summed E-state index contributed by atoms with van der Waals surface area (Å²) in [6, 6.07) is 5.63. The van der Waals surface area contributed by atoms with E-state index in [1.807, 2.05) is 12.1 Å². The van der Waals surface area contributed by atoms with Crippen molar-refractivity contribution < 1.29 is 18.0 Å². The average Bonchev–Trinajstić information content (AvgIpc) is 3.23. The zero-order valence-electron chi connectivity index (χ0n) is 17.7. The van der Waals surface area contributed by atoms with Crippen LogP contribution in [0.4, 0.5) is 24.8 Å². The second-order valence-corrected chi connectivity index (χ2v) is 9.59. The Kier molecular flexibility index (Phi) is 5.96. The summed E-state index contributed by atoms with van der Waals surface area (Å²) in [5.74, 6) is -0.756. The third-order valence-electron chi connectivity index (χ3n) is 6.07. The van der Waals surface area contributed by atoms with Gasteiger partial charge in [-0.1, -0.05) is 11.6 Å². The second-order valence-electron chi connectivity index (χ2n) is 8.28. The van der Waals surface area contributed by atoms with Gasteiger partial charge in [-0.25, -0.2) is 9.97 Å². The van der Waals surface area contributed by atoms with Gasteiger partial charge in [-0.2, -0.15) is 13.2 Å². The lowest BCUT2D eigenvalue weighted by Crippen LogP contribution is -2.57. The summed E-state index contributed by atoms with van der Waals surface area (Å²) in [7, 11) is 0. The number of benzene rings is 1. The third kappa shape index (κ3) is 4.48. The van der Waals surface area contributed by atoms with Crippen molar-refractivity contribution in [3.8, 4) is 10.6 Å². The number of anilines is 2. The van der Waals surface area contributed by atoms with Crippen LogP contribution in [0, 0.1) is 0 Å². The molecule has 2 aliphatic rings. The minimum absolute atomic E-state index is 0.0307. The monoisotopic (exact) mass is 508 g/mol. The molecular formula is C22H20ClF3N6OS. The molecule has 0 unspecified atom stereocenters. The fourth-order valence-electron chi connectivity index (χ4n) is 4.09. The number of thiophene rings is 1. The van der Waals surface area contributed by atoms with Crippen LogP contribution < -0.4 is 16.4 Å². The molecule has 4 heterocycles. The molecule has 0 aliphatic carbocycles. The van der Waals surface area contributed by atoms with Crippen molar-refractivity contribution in [3.05, 3.63) is 57.1 Å². The number of amides is 1. The van der Waals surface area contributed by atoms with Crippen LogP contribution in [-0.4, -0.2) is 46.5 Å². The Balaban J connectivity index is 1.45. The van der Waals surface area contributed by atoms with Crippen LogP contribution in [0.25, 0.3) is 10.6 Å². The van der Waals surface area contributed by atoms with Gasteiger partial charge in [0.2, 0.25) is 11.9 Å². The Bertz CT molecular complexity index is 1260. The normalized spacial score (nSPS) is 16.7. The number of nitrogens with one attached hydrogen (secondary N) is 2. The highest BCUT2D eigenvalue weighted by Gasteiger charge is 2.36. The molecule has 1 fully saturated rings. The Morgan fingerprint density at radius 1 is 1.26 bits per heavy atom. The molecule has 1 amide bonds. The average molecular weight is 509 g/mol. The van der Waals surface area contributed by atoms with Gasteiger partial charge in [-0.3, -0.25) is 9.69 Å². The molecule has 4 N–H and O–H groups in total. The van der Waals surface area contributed by atoms with Gasteiger partial charge in [0, 0.05) is 43.8 Å². The molecule has 12 heteroatoms. The summed E-state index contributed by atoms with van der Waals surface area (Å²) < 4.78 is 40.8. The highest BCUT2D eigenvalue weighted by atomic mass is 35.5. The molecule has 7 nitrogen and oxygen atoms in total. The number of rotatable bonds is 5. The number of aromatic nitrogens is 2. The van der Waals surface area contributed by atoms with Crippen molar-refractivity contribution in [2.24, 2.45) is 5.73 Å². The number of hydrogen-bond acceptors (Lipinski definition) is 7. The number of primary amides is 1. The number of carbonyl (C=O) groups is 1. The largest absolute Gasteiger partial charge is 0.420 e. The van der Waals surface area contributed by atoms with Crippen molar-refractivity contribution in [1.82, 2.24) is 20.2 Å². The lowest BCUT2D eigenvalue weighted by Gasteiger charge is -2.41. The van der Waals surface area contributed by atoms with Crippen LogP contribution in [-0.2, 0) is 19.1 Å². The fraction of sp³-hybridized carbons (Fsp3) is 0.318. The van der Waals surface area contributed by atoms with Gasteiger partial charge in [-0.05, 0) is 35.7 Å². The number of nitrogens with zero attached hydrogens (tertiary/aromatic N) is 3. The molecule has 34 heavy (non-hydrogen) atoms. The van der Waals surface area contributed by atoms with Crippen molar-refractivity contribution in [2.75, 3.05) is 25.0 Å². The number of nitrogens with two attached hydrogens (primary N) is 1. The standard InChI is InChI=1S/C22H20ClF3N6OS/c23-16-3-12-9-32(14-6-28-7-14)2-1-11(12)4-17(16)30-21-29-8-15(22(24,25)26)19(31-21)18-5-13(10-34-18)20(27)33/h3-5,8,10,14,28H,1-2,6-7,9H2,(H2,27,33)(H,29,30,31). The van der Waals surface area contributed by atoms with E-state index in [4.69, 9.17) is 17.3 Å². The lowest BCUT2D eigenvalue weighted by atomic mass is 9.96. The Morgan fingerprint density at radius 2 is 2.06 bits per heavy atom. The van der Waals surface area contributed by atoms with E-state index < -0.39 is 17.6 Å². The smallest absolute Gasteiger partial charge is 0.366 e. The van der Waals surface area contributed by atoms with Crippen molar-refractivity contribution in [3.63, 3.8) is 0 Å². The molecule has 1 aromatic carbocycles. The maximum Gasteiger partial charge on any atom is 0.420 e. The minimum atomic E-state index is -4.67. The van der Waals surface area contributed by atoms with Crippen LogP contribution in [0.1, 0.15) is 27.0 Å². The highest BCUT2D eigenvalue weighted by molar-refractivity contribution is 7.13. The summed E-state index contributed by atoms with van der Waals surface area (Å²) in [5, 5.41) is 8.08. The van der Waals surface area contributed by atoms with Crippen LogP contribution in [0.2, 0.25) is 5.02 Å². The van der Waals surface area contributed by atoms with Gasteiger partial charge in [0.05, 0.1) is 26.8 Å². The van der Waals surface area contributed by atoms with Crippen LogP contribution in [0.3, 0.4) is 0 Å². The predicted molar refractivity (Wildman–Crippen MR) is 124 cm³/mol. The Labute approximate surface area is 202 Å². The summed E-state index contributed by atoms with van der Waals surface area (Å²) in [4.78, 5) is 22.0. The second kappa shape index (κ2) is 8.81. The van der Waals surface area contributed by atoms with E-state index in [0.29, 0.717) is 16.8 Å². The van der Waals surface area contributed by atoms with Gasteiger partial charge >= 0.3 is 6.18 Å². The summed E-state index contributed by atoms with van der Waals surface area (Å²) in [5.41, 5.74) is 6.82. The van der Waals surface area contributed by atoms with E-state index in [1.165, 1.54) is 11.4 Å². The molecule has 2 aliphatic heterocycles. The maximum absolute atomic E-state index is 13.6. The first-order chi connectivity index (χ1) is 16.2. The van der Waals surface area contributed by atoms with Gasteiger partial charge in [0.15, 0.2) is 0 Å². The van der Waals surface area contributed by atoms with E-state index in [1.54, 1.807) is 0 Å². The van der Waals surface area contributed by atoms with Crippen LogP contribution in [0.15, 0.2) is 29.8 Å². The maximum atomic E-state index is 13.6. The van der Waals surface area contributed by atoms with E-state index in [9.17, 15) is 18.0 Å². The highest BCUT2D eigenvalue weighted by Crippen LogP contribution is 2.39. The Hall–Kier alpha value is -2.73. The van der Waals surface area contributed by atoms with Gasteiger partial charge in [0.25, 0.3) is 0 Å². The molecule has 0 saturated carbocycles. The van der Waals surface area contributed by atoms with Crippen LogP contribution >= 0.6 is 22.9 Å². The topological polar surface area (TPSA) is 96.2 Å². The fourth-order valence-corrected chi connectivity index (χ4v) is 5.22. The molecule has 0 radical (unpaired) electrons. The number of fused-ring (bicyclic) bond motifs is 1. The number of hydrogen-bond donors (Lipinski definition) is 3. The van der Waals surface area contributed by atoms with Gasteiger partial charge in [-0.15, -0.1) is 11.3 Å². The molecule has 0 spiro atoms. The molecule has 2 aromatic heterocycles. The van der Waals surface area contributed by atoms with E-state index in [2.05, 4.69) is 25.5 Å². The first-order valence-corrected chi connectivity index (χ1v) is 11.8. The SMILES string of the molecule is NC(=O)c1csc(-c2nc(Nc3cc4c(cc3Cl)CN(C3CNC3)CC4)ncc2C(F)(F)F)c1. The molecule has 1 saturated heterocycles. The lowest BCUT2D eigenvalue weighted by molar-refractivity contribution is -0.137. The zero-order chi connectivity index (χ0) is 24.0. The van der Waals surface area contributed by atoms with Crippen molar-refractivity contribution in [1.29, 1.82) is 0 Å². The zero-order valence-corrected chi connectivity index (χ0v) is 19.3. The summed E-state index contributed by atoms with van der Waals surface area (Å²) in [6.07, 6.45) is -3.09. The van der Waals surface area contributed by atoms with Gasteiger partial charge < -0.3 is 16.4 Å². The molecule has 0 bridgehead atoms. The summed E-state index contributed by atoms with van der Waals surface area (Å²) in [6.45, 7) is 3.72. The molecule has 3 aromatic rings. The van der Waals surface area contributed by atoms with E-state index >= 15 is 0 Å². The third-order valence-corrected chi connectivity index (χ3v) is 7.32.